The van der Waals surface area contributed by atoms with Crippen molar-refractivity contribution in [3.8, 4) is 17.2 Å². The summed E-state index contributed by atoms with van der Waals surface area (Å²) in [5, 5.41) is 0. The minimum atomic E-state index is 0.239. The summed E-state index contributed by atoms with van der Waals surface area (Å²) in [6, 6.07) is 3.56. The van der Waals surface area contributed by atoms with Crippen LogP contribution in [0.4, 0.5) is 5.69 Å². The Labute approximate surface area is 121 Å². The van der Waals surface area contributed by atoms with E-state index in [2.05, 4.69) is 13.8 Å². The lowest BCUT2D eigenvalue weighted by atomic mass is 9.76. The molecule has 1 aromatic carbocycles. The molecule has 4 nitrogen and oxygen atoms in total. The summed E-state index contributed by atoms with van der Waals surface area (Å²) in [5.74, 6) is 1.96. The summed E-state index contributed by atoms with van der Waals surface area (Å²) < 4.78 is 16.6. The van der Waals surface area contributed by atoms with E-state index >= 15 is 0 Å². The second kappa shape index (κ2) is 5.81. The minimum absolute atomic E-state index is 0.239. The average molecular weight is 279 g/mol. The number of methoxy groups -OCH3 is 2. The van der Waals surface area contributed by atoms with Crippen LogP contribution in [-0.2, 0) is 0 Å². The molecule has 4 heteroatoms. The molecule has 2 rings (SSSR count). The van der Waals surface area contributed by atoms with E-state index in [-0.39, 0.29) is 6.10 Å². The molecule has 0 spiro atoms. The standard InChI is InChI=1S/C16H25NO3/c1-16(2)7-5-11(6-8-16)20-13-10-15(19-4)14(18-3)9-12(13)17/h9-11H,5-8,17H2,1-4H3. The van der Waals surface area contributed by atoms with E-state index in [9.17, 15) is 0 Å². The van der Waals surface area contributed by atoms with Gasteiger partial charge in [0.1, 0.15) is 5.75 Å². The molecule has 20 heavy (non-hydrogen) atoms. The molecule has 112 valence electrons. The highest BCUT2D eigenvalue weighted by molar-refractivity contribution is 5.62. The van der Waals surface area contributed by atoms with Gasteiger partial charge in [-0.15, -0.1) is 0 Å². The van der Waals surface area contributed by atoms with E-state index in [1.54, 1.807) is 20.3 Å². The van der Waals surface area contributed by atoms with Gasteiger partial charge in [0, 0.05) is 12.1 Å². The molecule has 0 aliphatic heterocycles. The quantitative estimate of drug-likeness (QED) is 0.855. The largest absolute Gasteiger partial charge is 0.493 e. The van der Waals surface area contributed by atoms with Crippen LogP contribution >= 0.6 is 0 Å². The van der Waals surface area contributed by atoms with Crippen LogP contribution < -0.4 is 19.9 Å². The van der Waals surface area contributed by atoms with Crippen LogP contribution in [0.5, 0.6) is 17.2 Å². The number of anilines is 1. The van der Waals surface area contributed by atoms with Crippen molar-refractivity contribution in [1.82, 2.24) is 0 Å². The van der Waals surface area contributed by atoms with Crippen LogP contribution in [0.15, 0.2) is 12.1 Å². The molecule has 1 saturated carbocycles. The smallest absolute Gasteiger partial charge is 0.164 e. The fraction of sp³-hybridized carbons (Fsp3) is 0.625. The molecule has 1 aliphatic carbocycles. The van der Waals surface area contributed by atoms with Gasteiger partial charge < -0.3 is 19.9 Å². The lowest BCUT2D eigenvalue weighted by Gasteiger charge is -2.34. The third kappa shape index (κ3) is 3.30. The van der Waals surface area contributed by atoms with Crippen molar-refractivity contribution in [3.05, 3.63) is 12.1 Å². The number of nitrogen functional groups attached to an aromatic ring is 1. The third-order valence-electron chi connectivity index (χ3n) is 4.10. The lowest BCUT2D eigenvalue weighted by Crippen LogP contribution is -2.28. The first-order chi connectivity index (χ1) is 9.45. The van der Waals surface area contributed by atoms with Gasteiger partial charge in [-0.05, 0) is 31.1 Å². The first kappa shape index (κ1) is 14.8. The molecule has 0 aromatic heterocycles. The molecule has 0 atom stereocenters. The van der Waals surface area contributed by atoms with Crippen LogP contribution in [-0.4, -0.2) is 20.3 Å². The van der Waals surface area contributed by atoms with E-state index in [1.807, 2.05) is 6.07 Å². The molecule has 1 aliphatic rings. The normalized spacial score (nSPS) is 18.6. The molecule has 0 bridgehead atoms. The monoisotopic (exact) mass is 279 g/mol. The van der Waals surface area contributed by atoms with E-state index in [4.69, 9.17) is 19.9 Å². The van der Waals surface area contributed by atoms with Gasteiger partial charge >= 0.3 is 0 Å². The van der Waals surface area contributed by atoms with Crippen molar-refractivity contribution >= 4 is 5.69 Å². The lowest BCUT2D eigenvalue weighted by molar-refractivity contribution is 0.0991. The van der Waals surface area contributed by atoms with Gasteiger partial charge in [0.15, 0.2) is 11.5 Å². The fourth-order valence-electron chi connectivity index (χ4n) is 2.65. The van der Waals surface area contributed by atoms with E-state index in [1.165, 1.54) is 12.8 Å². The molecular weight excluding hydrogens is 254 g/mol. The van der Waals surface area contributed by atoms with Gasteiger partial charge in [-0.25, -0.2) is 0 Å². The van der Waals surface area contributed by atoms with Crippen LogP contribution in [0.3, 0.4) is 0 Å². The highest BCUT2D eigenvalue weighted by Crippen LogP contribution is 2.40. The molecular formula is C16H25NO3. The molecule has 0 amide bonds. The number of hydrogen-bond acceptors (Lipinski definition) is 4. The average Bonchev–Trinajstić information content (AvgIpc) is 2.42. The van der Waals surface area contributed by atoms with E-state index in [0.717, 1.165) is 12.8 Å². The Bertz CT molecular complexity index is 461. The van der Waals surface area contributed by atoms with Crippen molar-refractivity contribution in [3.63, 3.8) is 0 Å². The first-order valence-electron chi connectivity index (χ1n) is 7.13. The predicted octanol–water partition coefficient (Wildman–Crippen LogP) is 3.63. The highest BCUT2D eigenvalue weighted by atomic mass is 16.5. The van der Waals surface area contributed by atoms with E-state index < -0.39 is 0 Å². The number of nitrogens with two attached hydrogens (primary N) is 1. The number of hydrogen-bond donors (Lipinski definition) is 1. The second-order valence-electron chi connectivity index (χ2n) is 6.23. The zero-order chi connectivity index (χ0) is 14.8. The highest BCUT2D eigenvalue weighted by Gasteiger charge is 2.28. The minimum Gasteiger partial charge on any atom is -0.493 e. The number of rotatable bonds is 4. The van der Waals surface area contributed by atoms with Crippen LogP contribution in [0, 0.1) is 5.41 Å². The van der Waals surface area contributed by atoms with Gasteiger partial charge in [0.2, 0.25) is 0 Å². The topological polar surface area (TPSA) is 53.7 Å². The summed E-state index contributed by atoms with van der Waals surface area (Å²) in [5.41, 5.74) is 7.05. The van der Waals surface area contributed by atoms with Gasteiger partial charge in [0.25, 0.3) is 0 Å². The number of ether oxygens (including phenoxy) is 3. The molecule has 1 fully saturated rings. The maximum atomic E-state index is 6.06. The first-order valence-corrected chi connectivity index (χ1v) is 7.13. The molecule has 0 unspecified atom stereocenters. The Morgan fingerprint density at radius 1 is 1.00 bits per heavy atom. The van der Waals surface area contributed by atoms with Crippen molar-refractivity contribution in [1.29, 1.82) is 0 Å². The molecule has 0 heterocycles. The van der Waals surface area contributed by atoms with Crippen molar-refractivity contribution in [2.75, 3.05) is 20.0 Å². The van der Waals surface area contributed by atoms with Crippen LogP contribution in [0.2, 0.25) is 0 Å². The Balaban J connectivity index is 2.10. The zero-order valence-corrected chi connectivity index (χ0v) is 12.9. The zero-order valence-electron chi connectivity index (χ0n) is 12.9. The molecule has 0 radical (unpaired) electrons. The second-order valence-corrected chi connectivity index (χ2v) is 6.23. The van der Waals surface area contributed by atoms with Gasteiger partial charge in [-0.3, -0.25) is 0 Å². The van der Waals surface area contributed by atoms with Gasteiger partial charge in [-0.1, -0.05) is 13.8 Å². The SMILES string of the molecule is COc1cc(N)c(OC2CCC(C)(C)CC2)cc1OC. The van der Waals surface area contributed by atoms with Gasteiger partial charge in [-0.2, -0.15) is 0 Å². The molecule has 0 saturated heterocycles. The summed E-state index contributed by atoms with van der Waals surface area (Å²) >= 11 is 0. The summed E-state index contributed by atoms with van der Waals surface area (Å²) in [6.07, 6.45) is 4.75. The van der Waals surface area contributed by atoms with Crippen molar-refractivity contribution in [2.24, 2.45) is 5.41 Å². The summed E-state index contributed by atoms with van der Waals surface area (Å²) in [4.78, 5) is 0. The van der Waals surface area contributed by atoms with E-state index in [0.29, 0.717) is 28.4 Å². The van der Waals surface area contributed by atoms with Crippen LogP contribution in [0.25, 0.3) is 0 Å². The molecule has 2 N–H and O–H groups in total. The Morgan fingerprint density at radius 3 is 2.10 bits per heavy atom. The fourth-order valence-corrected chi connectivity index (χ4v) is 2.65. The Hall–Kier alpha value is -1.58. The van der Waals surface area contributed by atoms with Crippen molar-refractivity contribution in [2.45, 2.75) is 45.6 Å². The summed E-state index contributed by atoms with van der Waals surface area (Å²) in [6.45, 7) is 4.63. The summed E-state index contributed by atoms with van der Waals surface area (Å²) in [7, 11) is 3.21. The Morgan fingerprint density at radius 2 is 1.55 bits per heavy atom. The molecule has 1 aromatic rings. The maximum Gasteiger partial charge on any atom is 0.164 e. The predicted molar refractivity (Wildman–Crippen MR) is 80.6 cm³/mol. The maximum absolute atomic E-state index is 6.06. The number of benzene rings is 1. The van der Waals surface area contributed by atoms with Crippen molar-refractivity contribution < 1.29 is 14.2 Å². The van der Waals surface area contributed by atoms with Gasteiger partial charge in [0.05, 0.1) is 26.0 Å². The Kier molecular flexibility index (Phi) is 4.31. The van der Waals surface area contributed by atoms with Crippen LogP contribution in [0.1, 0.15) is 39.5 Å². The third-order valence-corrected chi connectivity index (χ3v) is 4.10.